The lowest BCUT2D eigenvalue weighted by atomic mass is 10.0. The quantitative estimate of drug-likeness (QED) is 0.728. The summed E-state index contributed by atoms with van der Waals surface area (Å²) in [5.41, 5.74) is 3.97. The fraction of sp³-hybridized carbons (Fsp3) is 0.143. The van der Waals surface area contributed by atoms with Gasteiger partial charge in [-0.1, -0.05) is 49.4 Å². The average Bonchev–Trinajstić information content (AvgIpc) is 2.64. The molecule has 0 fully saturated rings. The second-order valence-corrected chi connectivity index (χ2v) is 5.80. The highest BCUT2D eigenvalue weighted by Gasteiger charge is 2.12. The Bertz CT molecular complexity index is 876. The van der Waals surface area contributed by atoms with E-state index in [1.54, 1.807) is 12.3 Å². The highest BCUT2D eigenvalue weighted by Crippen LogP contribution is 2.33. The normalized spacial score (nSPS) is 10.4. The third kappa shape index (κ3) is 4.04. The Morgan fingerprint density at radius 3 is 2.64 bits per heavy atom. The summed E-state index contributed by atoms with van der Waals surface area (Å²) in [7, 11) is 0. The highest BCUT2D eigenvalue weighted by atomic mass is 16.3. The first-order chi connectivity index (χ1) is 12.2. The maximum absolute atomic E-state index is 11.6. The first kappa shape index (κ1) is 16.7. The van der Waals surface area contributed by atoms with Crippen molar-refractivity contribution in [3.05, 3.63) is 78.1 Å². The lowest BCUT2D eigenvalue weighted by Crippen LogP contribution is -2.09. The third-order valence-electron chi connectivity index (χ3n) is 3.99. The summed E-state index contributed by atoms with van der Waals surface area (Å²) in [6.07, 6.45) is 2.68. The minimum atomic E-state index is -0.0409. The van der Waals surface area contributed by atoms with Crippen LogP contribution in [0.15, 0.2) is 66.9 Å². The van der Waals surface area contributed by atoms with Gasteiger partial charge in [-0.2, -0.15) is 0 Å². The fourth-order valence-electron chi connectivity index (χ4n) is 2.66. The van der Waals surface area contributed by atoms with Crippen LogP contribution in [-0.4, -0.2) is 16.0 Å². The van der Waals surface area contributed by atoms with Crippen LogP contribution in [0.3, 0.4) is 0 Å². The molecular formula is C21H20N2O2. The van der Waals surface area contributed by atoms with Gasteiger partial charge in [0.25, 0.3) is 0 Å². The number of hydrogen-bond acceptors (Lipinski definition) is 3. The Hall–Kier alpha value is -3.14. The number of carbonyl (C=O) groups is 1. The number of pyridine rings is 1. The predicted molar refractivity (Wildman–Crippen MR) is 99.5 cm³/mol. The number of rotatable bonds is 5. The number of nitrogens with zero attached hydrogens (tertiary/aromatic N) is 1. The molecule has 126 valence electrons. The van der Waals surface area contributed by atoms with Gasteiger partial charge in [0.05, 0.1) is 5.69 Å². The lowest BCUT2D eigenvalue weighted by Gasteiger charge is -2.11. The van der Waals surface area contributed by atoms with Crippen molar-refractivity contribution in [2.45, 2.75) is 19.8 Å². The Morgan fingerprint density at radius 2 is 1.88 bits per heavy atom. The van der Waals surface area contributed by atoms with Crippen LogP contribution < -0.4 is 5.32 Å². The summed E-state index contributed by atoms with van der Waals surface area (Å²) in [6, 6.07) is 19.2. The third-order valence-corrected chi connectivity index (χ3v) is 3.99. The first-order valence-corrected chi connectivity index (χ1v) is 8.28. The van der Waals surface area contributed by atoms with Gasteiger partial charge < -0.3 is 10.4 Å². The molecule has 3 aromatic rings. The van der Waals surface area contributed by atoms with E-state index in [4.69, 9.17) is 0 Å². The lowest BCUT2D eigenvalue weighted by molar-refractivity contribution is -0.115. The Labute approximate surface area is 147 Å². The number of carbonyl (C=O) groups excluding carboxylic acids is 1. The van der Waals surface area contributed by atoms with E-state index in [0.29, 0.717) is 29.8 Å². The van der Waals surface area contributed by atoms with Gasteiger partial charge >= 0.3 is 0 Å². The molecule has 0 radical (unpaired) electrons. The van der Waals surface area contributed by atoms with Crippen molar-refractivity contribution in [2.24, 2.45) is 0 Å². The van der Waals surface area contributed by atoms with Gasteiger partial charge in [-0.3, -0.25) is 9.78 Å². The Kier molecular flexibility index (Phi) is 5.09. The van der Waals surface area contributed by atoms with Crippen molar-refractivity contribution < 1.29 is 9.90 Å². The van der Waals surface area contributed by atoms with E-state index in [1.165, 1.54) is 0 Å². The molecular weight excluding hydrogens is 312 g/mol. The second kappa shape index (κ2) is 7.62. The van der Waals surface area contributed by atoms with E-state index in [1.807, 2.05) is 61.5 Å². The molecule has 0 spiro atoms. The summed E-state index contributed by atoms with van der Waals surface area (Å²) in [4.78, 5) is 15.9. The van der Waals surface area contributed by atoms with E-state index in [9.17, 15) is 9.90 Å². The fourth-order valence-corrected chi connectivity index (χ4v) is 2.66. The van der Waals surface area contributed by atoms with E-state index < -0.39 is 0 Å². The largest absolute Gasteiger partial charge is 0.505 e. The van der Waals surface area contributed by atoms with Crippen molar-refractivity contribution in [1.29, 1.82) is 0 Å². The summed E-state index contributed by atoms with van der Waals surface area (Å²) in [5.74, 6) is 0.131. The van der Waals surface area contributed by atoms with Gasteiger partial charge in [0.15, 0.2) is 0 Å². The molecule has 0 aliphatic carbocycles. The molecule has 2 N–H and O–H groups in total. The minimum Gasteiger partial charge on any atom is -0.505 e. The molecule has 2 aromatic carbocycles. The minimum absolute atomic E-state index is 0.0409. The molecule has 0 aliphatic rings. The Morgan fingerprint density at radius 1 is 1.08 bits per heavy atom. The molecule has 4 nitrogen and oxygen atoms in total. The van der Waals surface area contributed by atoms with Crippen molar-refractivity contribution >= 4 is 11.6 Å². The number of hydrogen-bond donors (Lipinski definition) is 2. The van der Waals surface area contributed by atoms with Crippen molar-refractivity contribution in [3.63, 3.8) is 0 Å². The number of aromatic hydroxyl groups is 1. The van der Waals surface area contributed by atoms with E-state index in [-0.39, 0.29) is 11.7 Å². The standard InChI is InChI=1S/C21H20N2O2/c1-2-20(24)23-17-10-6-9-16(14-17)18-11-12-22-19(21(18)25)13-15-7-4-3-5-8-15/h3-12,14,25H,2,13H2,1H3,(H,23,24). The van der Waals surface area contributed by atoms with Crippen LogP contribution in [0.25, 0.3) is 11.1 Å². The van der Waals surface area contributed by atoms with E-state index in [2.05, 4.69) is 10.3 Å². The van der Waals surface area contributed by atoms with Crippen LogP contribution in [0.5, 0.6) is 5.75 Å². The zero-order valence-corrected chi connectivity index (χ0v) is 14.1. The monoisotopic (exact) mass is 332 g/mol. The SMILES string of the molecule is CCC(=O)Nc1cccc(-c2ccnc(Cc3ccccc3)c2O)c1. The number of benzene rings is 2. The van der Waals surface area contributed by atoms with Crippen molar-refractivity contribution in [2.75, 3.05) is 5.32 Å². The van der Waals surface area contributed by atoms with Gasteiger partial charge in [0.1, 0.15) is 5.75 Å². The number of aromatic nitrogens is 1. The maximum atomic E-state index is 11.6. The highest BCUT2D eigenvalue weighted by molar-refractivity contribution is 5.91. The molecule has 0 saturated carbocycles. The topological polar surface area (TPSA) is 62.2 Å². The molecule has 0 aliphatic heterocycles. The molecule has 1 amide bonds. The predicted octanol–water partition coefficient (Wildman–Crippen LogP) is 4.39. The van der Waals surface area contributed by atoms with Crippen LogP contribution in [0, 0.1) is 0 Å². The molecule has 1 heterocycles. The van der Waals surface area contributed by atoms with Crippen molar-refractivity contribution in [1.82, 2.24) is 4.98 Å². The van der Waals surface area contributed by atoms with Gasteiger partial charge in [0.2, 0.25) is 5.91 Å². The van der Waals surface area contributed by atoms with E-state index >= 15 is 0 Å². The Balaban J connectivity index is 1.91. The molecule has 0 bridgehead atoms. The van der Waals surface area contributed by atoms with Crippen LogP contribution in [0.1, 0.15) is 24.6 Å². The molecule has 0 unspecified atom stereocenters. The molecule has 1 aromatic heterocycles. The smallest absolute Gasteiger partial charge is 0.224 e. The van der Waals surface area contributed by atoms with Gasteiger partial charge in [-0.05, 0) is 29.3 Å². The van der Waals surface area contributed by atoms with Crippen molar-refractivity contribution in [3.8, 4) is 16.9 Å². The number of nitrogens with one attached hydrogen (secondary N) is 1. The molecule has 0 saturated heterocycles. The summed E-state index contributed by atoms with van der Waals surface area (Å²) >= 11 is 0. The number of anilines is 1. The summed E-state index contributed by atoms with van der Waals surface area (Å²) < 4.78 is 0. The van der Waals surface area contributed by atoms with Crippen LogP contribution >= 0.6 is 0 Å². The summed E-state index contributed by atoms with van der Waals surface area (Å²) in [6.45, 7) is 1.81. The van der Waals surface area contributed by atoms with Gasteiger partial charge in [-0.25, -0.2) is 0 Å². The van der Waals surface area contributed by atoms with E-state index in [0.717, 1.165) is 11.1 Å². The molecule has 3 rings (SSSR count). The first-order valence-electron chi connectivity index (χ1n) is 8.28. The maximum Gasteiger partial charge on any atom is 0.224 e. The second-order valence-electron chi connectivity index (χ2n) is 5.80. The van der Waals surface area contributed by atoms with Crippen LogP contribution in [0.2, 0.25) is 0 Å². The van der Waals surface area contributed by atoms with Gasteiger partial charge in [0, 0.05) is 30.3 Å². The van der Waals surface area contributed by atoms with Crippen LogP contribution in [0.4, 0.5) is 5.69 Å². The molecule has 0 atom stereocenters. The zero-order chi connectivity index (χ0) is 17.6. The average molecular weight is 332 g/mol. The number of amides is 1. The molecule has 25 heavy (non-hydrogen) atoms. The molecule has 4 heteroatoms. The van der Waals surface area contributed by atoms with Gasteiger partial charge in [-0.15, -0.1) is 0 Å². The van der Waals surface area contributed by atoms with Crippen LogP contribution in [-0.2, 0) is 11.2 Å². The summed E-state index contributed by atoms with van der Waals surface area (Å²) in [5, 5.41) is 13.5. The zero-order valence-electron chi connectivity index (χ0n) is 14.1.